The fraction of sp³-hybridized carbons (Fsp3) is 0.286. The third-order valence-electron chi connectivity index (χ3n) is 2.72. The monoisotopic (exact) mass is 243 g/mol. The van der Waals surface area contributed by atoms with Gasteiger partial charge in [-0.25, -0.2) is 9.97 Å². The first kappa shape index (κ1) is 12.5. The summed E-state index contributed by atoms with van der Waals surface area (Å²) in [6.07, 6.45) is 0.918. The molecule has 0 saturated carbocycles. The molecule has 0 saturated heterocycles. The third-order valence-corrected chi connectivity index (χ3v) is 2.72. The van der Waals surface area contributed by atoms with Gasteiger partial charge in [-0.3, -0.25) is 0 Å². The molecule has 0 aliphatic heterocycles. The van der Waals surface area contributed by atoms with Gasteiger partial charge in [-0.1, -0.05) is 24.3 Å². The van der Waals surface area contributed by atoms with E-state index < -0.39 is 0 Å². The molecule has 0 atom stereocenters. The van der Waals surface area contributed by atoms with E-state index in [9.17, 15) is 0 Å². The van der Waals surface area contributed by atoms with Gasteiger partial charge in [-0.15, -0.1) is 0 Å². The number of aromatic nitrogens is 2. The molecule has 2 aromatic rings. The Labute approximate surface area is 107 Å². The molecule has 0 spiro atoms. The molecule has 1 aromatic carbocycles. The Bertz CT molecular complexity index is 503. The van der Waals surface area contributed by atoms with Crippen LogP contribution in [0, 0.1) is 6.92 Å². The number of nitrogens with two attached hydrogens (primary N) is 1. The number of rotatable bonds is 4. The average Bonchev–Trinajstić information content (AvgIpc) is 2.36. The van der Waals surface area contributed by atoms with Crippen molar-refractivity contribution in [2.24, 2.45) is 0 Å². The summed E-state index contributed by atoms with van der Waals surface area (Å²) in [5.74, 6) is 0.313. The number of benzene rings is 1. The second-order valence-electron chi connectivity index (χ2n) is 4.19. The summed E-state index contributed by atoms with van der Waals surface area (Å²) < 4.78 is 5.05. The van der Waals surface area contributed by atoms with E-state index in [4.69, 9.17) is 10.5 Å². The highest BCUT2D eigenvalue weighted by Crippen LogP contribution is 2.19. The van der Waals surface area contributed by atoms with E-state index >= 15 is 0 Å². The van der Waals surface area contributed by atoms with Gasteiger partial charge in [0.15, 0.2) is 0 Å². The van der Waals surface area contributed by atoms with Crippen LogP contribution in [0.2, 0.25) is 0 Å². The first-order chi connectivity index (χ1) is 8.69. The quantitative estimate of drug-likeness (QED) is 0.894. The highest BCUT2D eigenvalue weighted by Gasteiger charge is 2.02. The van der Waals surface area contributed by atoms with Gasteiger partial charge in [0.2, 0.25) is 5.95 Å². The van der Waals surface area contributed by atoms with E-state index in [1.165, 1.54) is 5.56 Å². The Kier molecular flexibility index (Phi) is 3.89. The number of hydrogen-bond donors (Lipinski definition) is 1. The van der Waals surface area contributed by atoms with Crippen LogP contribution in [0.4, 0.5) is 5.95 Å². The highest BCUT2D eigenvalue weighted by atomic mass is 16.5. The van der Waals surface area contributed by atoms with Gasteiger partial charge in [0.1, 0.15) is 0 Å². The lowest BCUT2D eigenvalue weighted by molar-refractivity contribution is 0.202. The number of methoxy groups -OCH3 is 1. The fourth-order valence-corrected chi connectivity index (χ4v) is 1.80. The van der Waals surface area contributed by atoms with Crippen molar-refractivity contribution in [1.29, 1.82) is 0 Å². The zero-order valence-electron chi connectivity index (χ0n) is 10.7. The van der Waals surface area contributed by atoms with Crippen LogP contribution in [0.5, 0.6) is 0 Å². The maximum Gasteiger partial charge on any atom is 0.220 e. The van der Waals surface area contributed by atoms with Crippen molar-refractivity contribution in [3.8, 4) is 11.3 Å². The van der Waals surface area contributed by atoms with E-state index in [2.05, 4.69) is 22.1 Å². The normalized spacial score (nSPS) is 10.6. The van der Waals surface area contributed by atoms with Crippen LogP contribution in [0.3, 0.4) is 0 Å². The molecule has 2 rings (SSSR count). The largest absolute Gasteiger partial charge is 0.384 e. The summed E-state index contributed by atoms with van der Waals surface area (Å²) in [6, 6.07) is 10.2. The van der Waals surface area contributed by atoms with Gasteiger partial charge in [-0.2, -0.15) is 0 Å². The van der Waals surface area contributed by atoms with Crippen molar-refractivity contribution >= 4 is 5.95 Å². The summed E-state index contributed by atoms with van der Waals surface area (Å²) in [5, 5.41) is 0. The van der Waals surface area contributed by atoms with E-state index in [1.807, 2.05) is 25.1 Å². The van der Waals surface area contributed by atoms with Crippen LogP contribution in [-0.2, 0) is 11.2 Å². The minimum Gasteiger partial charge on any atom is -0.384 e. The zero-order chi connectivity index (χ0) is 13.0. The Morgan fingerprint density at radius 2 is 1.89 bits per heavy atom. The lowest BCUT2D eigenvalue weighted by Gasteiger charge is -2.05. The second-order valence-corrected chi connectivity index (χ2v) is 4.19. The number of hydrogen-bond acceptors (Lipinski definition) is 4. The van der Waals surface area contributed by atoms with E-state index in [0.29, 0.717) is 5.95 Å². The first-order valence-electron chi connectivity index (χ1n) is 5.88. The van der Waals surface area contributed by atoms with Crippen molar-refractivity contribution in [3.05, 3.63) is 41.6 Å². The van der Waals surface area contributed by atoms with Crippen LogP contribution in [0.1, 0.15) is 11.3 Å². The smallest absolute Gasteiger partial charge is 0.220 e. The summed E-state index contributed by atoms with van der Waals surface area (Å²) in [7, 11) is 1.71. The minimum atomic E-state index is 0.313. The van der Waals surface area contributed by atoms with Crippen molar-refractivity contribution in [2.75, 3.05) is 19.5 Å². The van der Waals surface area contributed by atoms with Gasteiger partial charge in [0.25, 0.3) is 0 Å². The van der Waals surface area contributed by atoms with Crippen LogP contribution >= 0.6 is 0 Å². The van der Waals surface area contributed by atoms with Crippen molar-refractivity contribution in [3.63, 3.8) is 0 Å². The standard InChI is InChI=1S/C14H17N3O/c1-10-9-13(17-14(15)16-10)12-5-3-11(4-6-12)7-8-18-2/h3-6,9H,7-8H2,1-2H3,(H2,15,16,17). The number of ether oxygens (including phenoxy) is 1. The van der Waals surface area contributed by atoms with Gasteiger partial charge >= 0.3 is 0 Å². The molecule has 4 nitrogen and oxygen atoms in total. The van der Waals surface area contributed by atoms with Crippen molar-refractivity contribution in [1.82, 2.24) is 9.97 Å². The molecule has 0 unspecified atom stereocenters. The molecule has 1 heterocycles. The van der Waals surface area contributed by atoms with Crippen molar-refractivity contribution in [2.45, 2.75) is 13.3 Å². The molecule has 2 N–H and O–H groups in total. The number of nitrogen functional groups attached to an aromatic ring is 1. The van der Waals surface area contributed by atoms with Gasteiger partial charge in [0, 0.05) is 18.4 Å². The van der Waals surface area contributed by atoms with Gasteiger partial charge < -0.3 is 10.5 Å². The van der Waals surface area contributed by atoms with Crippen LogP contribution in [0.15, 0.2) is 30.3 Å². The minimum absolute atomic E-state index is 0.313. The summed E-state index contributed by atoms with van der Waals surface area (Å²) in [6.45, 7) is 2.65. The second kappa shape index (κ2) is 5.60. The molecule has 4 heteroatoms. The Morgan fingerprint density at radius 3 is 2.50 bits per heavy atom. The van der Waals surface area contributed by atoms with Gasteiger partial charge in [0.05, 0.1) is 12.3 Å². The lowest BCUT2D eigenvalue weighted by atomic mass is 10.1. The maximum absolute atomic E-state index is 5.65. The molecule has 94 valence electrons. The van der Waals surface area contributed by atoms with E-state index in [-0.39, 0.29) is 0 Å². The average molecular weight is 243 g/mol. The Hall–Kier alpha value is -1.94. The van der Waals surface area contributed by atoms with Gasteiger partial charge in [-0.05, 0) is 25.0 Å². The predicted octanol–water partition coefficient (Wildman–Crippen LogP) is 2.22. The summed E-state index contributed by atoms with van der Waals surface area (Å²) >= 11 is 0. The maximum atomic E-state index is 5.65. The van der Waals surface area contributed by atoms with Crippen molar-refractivity contribution < 1.29 is 4.74 Å². The molecule has 0 aliphatic rings. The molecular formula is C14H17N3O. The van der Waals surface area contributed by atoms with Crippen LogP contribution in [-0.4, -0.2) is 23.7 Å². The molecule has 0 fully saturated rings. The van der Waals surface area contributed by atoms with Crippen LogP contribution in [0.25, 0.3) is 11.3 Å². The summed E-state index contributed by atoms with van der Waals surface area (Å²) in [4.78, 5) is 8.31. The third kappa shape index (κ3) is 3.05. The lowest BCUT2D eigenvalue weighted by Crippen LogP contribution is -1.98. The number of anilines is 1. The SMILES string of the molecule is COCCc1ccc(-c2cc(C)nc(N)n2)cc1. The highest BCUT2D eigenvalue weighted by molar-refractivity contribution is 5.60. The molecular weight excluding hydrogens is 226 g/mol. The van der Waals surface area contributed by atoms with Crippen LogP contribution < -0.4 is 5.73 Å². The fourth-order valence-electron chi connectivity index (χ4n) is 1.80. The van der Waals surface area contributed by atoms with E-state index in [1.54, 1.807) is 7.11 Å². The first-order valence-corrected chi connectivity index (χ1v) is 5.88. The summed E-state index contributed by atoms with van der Waals surface area (Å²) in [5.41, 5.74) is 9.69. The molecule has 0 bridgehead atoms. The molecule has 1 aromatic heterocycles. The molecule has 0 aliphatic carbocycles. The van der Waals surface area contributed by atoms with E-state index in [0.717, 1.165) is 30.0 Å². The Balaban J connectivity index is 2.23. The molecule has 0 radical (unpaired) electrons. The Morgan fingerprint density at radius 1 is 1.17 bits per heavy atom. The molecule has 18 heavy (non-hydrogen) atoms. The number of nitrogens with zero attached hydrogens (tertiary/aromatic N) is 2. The zero-order valence-corrected chi connectivity index (χ0v) is 10.7. The molecule has 0 amide bonds. The number of aryl methyl sites for hydroxylation is 1. The predicted molar refractivity (Wildman–Crippen MR) is 72.2 cm³/mol. The topological polar surface area (TPSA) is 61.0 Å².